The van der Waals surface area contributed by atoms with Gasteiger partial charge in [-0.05, 0) is 44.2 Å². The van der Waals surface area contributed by atoms with E-state index in [1.165, 1.54) is 4.57 Å². The van der Waals surface area contributed by atoms with E-state index in [-0.39, 0.29) is 23.6 Å². The molecule has 2 aliphatic rings. The summed E-state index contributed by atoms with van der Waals surface area (Å²) < 4.78 is 7.00. The van der Waals surface area contributed by atoms with E-state index in [1.807, 2.05) is 17.9 Å². The Labute approximate surface area is 160 Å². The Balaban J connectivity index is 1.75. The minimum atomic E-state index is -0.234. The van der Waals surface area contributed by atoms with Crippen LogP contribution in [0.3, 0.4) is 0 Å². The van der Waals surface area contributed by atoms with Gasteiger partial charge in [0.25, 0.3) is 11.5 Å². The number of pyridine rings is 1. The molecule has 150 valence electrons. The summed E-state index contributed by atoms with van der Waals surface area (Å²) in [6.07, 6.45) is 2.52. The zero-order valence-electron chi connectivity index (χ0n) is 16.4. The number of carbonyl (C=O) groups excluding carboxylic acids is 1. The largest absolute Gasteiger partial charge is 0.396 e. The SMILES string of the molecule is Cc1ccc(C(=O)N2CCC(N3CCOCC3)C(CCCO)C2)c(=O)n1C. The molecule has 3 rings (SSSR count). The smallest absolute Gasteiger partial charge is 0.263 e. The average molecular weight is 377 g/mol. The normalized spacial score (nSPS) is 24.2. The van der Waals surface area contributed by atoms with Crippen LogP contribution < -0.4 is 5.56 Å². The minimum Gasteiger partial charge on any atom is -0.396 e. The average Bonchev–Trinajstić information content (AvgIpc) is 2.70. The number of aliphatic hydroxyl groups excluding tert-OH is 1. The summed E-state index contributed by atoms with van der Waals surface area (Å²) in [4.78, 5) is 29.8. The molecule has 0 aromatic carbocycles. The summed E-state index contributed by atoms with van der Waals surface area (Å²) in [7, 11) is 1.70. The lowest BCUT2D eigenvalue weighted by atomic mass is 9.86. The van der Waals surface area contributed by atoms with Gasteiger partial charge in [0, 0.05) is 51.6 Å². The van der Waals surface area contributed by atoms with Gasteiger partial charge < -0.3 is 19.3 Å². The highest BCUT2D eigenvalue weighted by Crippen LogP contribution is 2.27. The summed E-state index contributed by atoms with van der Waals surface area (Å²) >= 11 is 0. The van der Waals surface area contributed by atoms with Crippen molar-refractivity contribution in [3.63, 3.8) is 0 Å². The quantitative estimate of drug-likeness (QED) is 0.815. The molecule has 1 aromatic heterocycles. The van der Waals surface area contributed by atoms with E-state index >= 15 is 0 Å². The number of nitrogens with zero attached hydrogens (tertiary/aromatic N) is 3. The van der Waals surface area contributed by atoms with Crippen molar-refractivity contribution in [2.45, 2.75) is 32.2 Å². The zero-order valence-corrected chi connectivity index (χ0v) is 16.4. The maximum atomic E-state index is 13.0. The van der Waals surface area contributed by atoms with Crippen molar-refractivity contribution in [2.24, 2.45) is 13.0 Å². The summed E-state index contributed by atoms with van der Waals surface area (Å²) in [5, 5.41) is 9.28. The summed E-state index contributed by atoms with van der Waals surface area (Å²) in [6, 6.07) is 3.88. The van der Waals surface area contributed by atoms with Crippen LogP contribution in [0.2, 0.25) is 0 Å². The molecule has 1 N–H and O–H groups in total. The predicted molar refractivity (Wildman–Crippen MR) is 103 cm³/mol. The molecule has 0 aliphatic carbocycles. The Hall–Kier alpha value is -1.70. The molecule has 3 heterocycles. The van der Waals surface area contributed by atoms with Crippen molar-refractivity contribution in [3.8, 4) is 0 Å². The van der Waals surface area contributed by atoms with E-state index in [2.05, 4.69) is 4.90 Å². The topological polar surface area (TPSA) is 75.0 Å². The van der Waals surface area contributed by atoms with Gasteiger partial charge in [-0.15, -0.1) is 0 Å². The monoisotopic (exact) mass is 377 g/mol. The van der Waals surface area contributed by atoms with Crippen LogP contribution in [0.25, 0.3) is 0 Å². The number of piperidine rings is 1. The van der Waals surface area contributed by atoms with Gasteiger partial charge in [-0.1, -0.05) is 0 Å². The number of likely N-dealkylation sites (tertiary alicyclic amines) is 1. The first-order valence-corrected chi connectivity index (χ1v) is 9.91. The molecule has 7 nitrogen and oxygen atoms in total. The van der Waals surface area contributed by atoms with Crippen molar-refractivity contribution in [1.82, 2.24) is 14.4 Å². The molecule has 1 aromatic rings. The molecular weight excluding hydrogens is 346 g/mol. The molecule has 2 atom stereocenters. The molecule has 2 unspecified atom stereocenters. The summed E-state index contributed by atoms with van der Waals surface area (Å²) in [6.45, 7) is 6.68. The highest BCUT2D eigenvalue weighted by Gasteiger charge is 2.35. The van der Waals surface area contributed by atoms with Crippen LogP contribution in [-0.4, -0.2) is 77.4 Å². The Bertz CT molecular complexity index is 712. The number of morpholine rings is 1. The molecule has 2 fully saturated rings. The third-order valence-electron chi connectivity index (χ3n) is 6.01. The highest BCUT2D eigenvalue weighted by atomic mass is 16.5. The zero-order chi connectivity index (χ0) is 19.4. The summed E-state index contributed by atoms with van der Waals surface area (Å²) in [5.74, 6) is 0.132. The van der Waals surface area contributed by atoms with Gasteiger partial charge in [0.15, 0.2) is 0 Å². The second-order valence-corrected chi connectivity index (χ2v) is 7.63. The summed E-state index contributed by atoms with van der Waals surface area (Å²) in [5.41, 5.74) is 0.847. The molecule has 0 radical (unpaired) electrons. The van der Waals surface area contributed by atoms with Crippen LogP contribution >= 0.6 is 0 Å². The minimum absolute atomic E-state index is 0.165. The lowest BCUT2D eigenvalue weighted by Gasteiger charge is -2.45. The number of amides is 1. The van der Waals surface area contributed by atoms with Crippen molar-refractivity contribution in [2.75, 3.05) is 46.0 Å². The fraction of sp³-hybridized carbons (Fsp3) is 0.700. The van der Waals surface area contributed by atoms with E-state index in [9.17, 15) is 14.7 Å². The maximum Gasteiger partial charge on any atom is 0.263 e. The van der Waals surface area contributed by atoms with Gasteiger partial charge in [0.2, 0.25) is 0 Å². The van der Waals surface area contributed by atoms with E-state index in [4.69, 9.17) is 4.74 Å². The van der Waals surface area contributed by atoms with E-state index in [1.54, 1.807) is 13.1 Å². The second-order valence-electron chi connectivity index (χ2n) is 7.63. The lowest BCUT2D eigenvalue weighted by molar-refractivity contribution is -0.0197. The molecule has 1 amide bonds. The molecule has 2 aliphatic heterocycles. The lowest BCUT2D eigenvalue weighted by Crippen LogP contribution is -2.55. The number of aryl methyl sites for hydroxylation is 1. The number of carbonyl (C=O) groups is 1. The van der Waals surface area contributed by atoms with Crippen LogP contribution in [0.1, 0.15) is 35.3 Å². The van der Waals surface area contributed by atoms with Gasteiger partial charge in [-0.3, -0.25) is 14.5 Å². The molecule has 0 bridgehead atoms. The highest BCUT2D eigenvalue weighted by molar-refractivity contribution is 5.94. The number of hydrogen-bond donors (Lipinski definition) is 1. The van der Waals surface area contributed by atoms with Crippen molar-refractivity contribution >= 4 is 5.91 Å². The first-order chi connectivity index (χ1) is 13.0. The molecule has 2 saturated heterocycles. The van der Waals surface area contributed by atoms with Gasteiger partial charge >= 0.3 is 0 Å². The fourth-order valence-electron chi connectivity index (χ4n) is 4.29. The Morgan fingerprint density at radius 3 is 2.70 bits per heavy atom. The van der Waals surface area contributed by atoms with Crippen molar-refractivity contribution < 1.29 is 14.6 Å². The Kier molecular flexibility index (Phi) is 6.68. The standard InChI is InChI=1S/C20H31N3O4/c1-15-5-6-17(19(25)21(15)2)20(26)23-8-7-18(16(14-23)4-3-11-24)22-9-12-27-13-10-22/h5-6,16,18,24H,3-4,7-14H2,1-2H3. The number of rotatable bonds is 5. The number of aromatic nitrogens is 1. The number of hydrogen-bond acceptors (Lipinski definition) is 5. The number of ether oxygens (including phenoxy) is 1. The van der Waals surface area contributed by atoms with Crippen molar-refractivity contribution in [1.29, 1.82) is 0 Å². The number of aliphatic hydroxyl groups is 1. The van der Waals surface area contributed by atoms with Crippen LogP contribution in [0, 0.1) is 12.8 Å². The first kappa shape index (κ1) is 20.0. The van der Waals surface area contributed by atoms with Crippen LogP contribution in [0.5, 0.6) is 0 Å². The van der Waals surface area contributed by atoms with Crippen LogP contribution in [0.4, 0.5) is 0 Å². The maximum absolute atomic E-state index is 13.0. The molecular formula is C20H31N3O4. The van der Waals surface area contributed by atoms with Gasteiger partial charge in [0.05, 0.1) is 13.2 Å². The third-order valence-corrected chi connectivity index (χ3v) is 6.01. The molecule has 27 heavy (non-hydrogen) atoms. The Morgan fingerprint density at radius 2 is 2.00 bits per heavy atom. The van der Waals surface area contributed by atoms with Crippen molar-refractivity contribution in [3.05, 3.63) is 33.7 Å². The van der Waals surface area contributed by atoms with E-state index in [0.29, 0.717) is 25.0 Å². The first-order valence-electron chi connectivity index (χ1n) is 9.91. The van der Waals surface area contributed by atoms with Gasteiger partial charge in [0.1, 0.15) is 5.56 Å². The molecule has 0 spiro atoms. The fourth-order valence-corrected chi connectivity index (χ4v) is 4.29. The Morgan fingerprint density at radius 1 is 1.26 bits per heavy atom. The third kappa shape index (κ3) is 4.42. The van der Waals surface area contributed by atoms with E-state index < -0.39 is 0 Å². The van der Waals surface area contributed by atoms with E-state index in [0.717, 1.165) is 51.3 Å². The molecule has 7 heteroatoms. The molecule has 0 saturated carbocycles. The second kappa shape index (κ2) is 8.99. The van der Waals surface area contributed by atoms with Crippen LogP contribution in [-0.2, 0) is 11.8 Å². The van der Waals surface area contributed by atoms with Gasteiger partial charge in [-0.25, -0.2) is 0 Å². The van der Waals surface area contributed by atoms with Crippen LogP contribution in [0.15, 0.2) is 16.9 Å². The van der Waals surface area contributed by atoms with Gasteiger partial charge in [-0.2, -0.15) is 0 Å². The predicted octanol–water partition coefficient (Wildman–Crippen LogP) is 0.629.